The first kappa shape index (κ1) is 13.8. The van der Waals surface area contributed by atoms with Crippen LogP contribution in [0.3, 0.4) is 0 Å². The first-order chi connectivity index (χ1) is 7.28. The fourth-order valence-electron chi connectivity index (χ4n) is 1.31. The summed E-state index contributed by atoms with van der Waals surface area (Å²) in [4.78, 5) is 1.19. The molecule has 0 unspecified atom stereocenters. The van der Waals surface area contributed by atoms with Gasteiger partial charge in [0.25, 0.3) is 0 Å². The highest BCUT2D eigenvalue weighted by Crippen LogP contribution is 2.24. The Kier molecular flexibility index (Phi) is 4.64. The summed E-state index contributed by atoms with van der Waals surface area (Å²) in [7, 11) is 1.42. The summed E-state index contributed by atoms with van der Waals surface area (Å²) in [5, 5.41) is 0.498. The van der Waals surface area contributed by atoms with Gasteiger partial charge in [-0.25, -0.2) is 0 Å². The molecule has 0 aliphatic carbocycles. The minimum atomic E-state index is -4.17. The zero-order valence-corrected chi connectivity index (χ0v) is 10.8. The molecule has 0 saturated heterocycles. The lowest BCUT2D eigenvalue weighted by Crippen LogP contribution is -2.30. The number of benzene rings is 1. The Bertz CT molecular complexity index is 368. The van der Waals surface area contributed by atoms with E-state index in [4.69, 9.17) is 11.6 Å². The smallest absolute Gasteiger partial charge is 0.294 e. The molecular weight excluding hydrogens is 306 g/mol. The highest BCUT2D eigenvalue weighted by Gasteiger charge is 2.29. The van der Waals surface area contributed by atoms with Crippen molar-refractivity contribution in [3.8, 4) is 0 Å². The molecule has 0 atom stereocenters. The Hall–Kier alpha value is -0.260. The highest BCUT2D eigenvalue weighted by molar-refractivity contribution is 9.10. The molecule has 0 aliphatic rings. The van der Waals surface area contributed by atoms with Crippen molar-refractivity contribution in [2.45, 2.75) is 12.7 Å². The molecule has 0 fully saturated rings. The molecule has 16 heavy (non-hydrogen) atoms. The van der Waals surface area contributed by atoms with Crippen LogP contribution in [0.25, 0.3) is 0 Å². The van der Waals surface area contributed by atoms with Gasteiger partial charge in [-0.1, -0.05) is 17.7 Å². The third-order valence-electron chi connectivity index (χ3n) is 1.89. The Morgan fingerprint density at radius 3 is 2.50 bits per heavy atom. The SMILES string of the molecule is CN(Cc1ccc(Br)c(Cl)c1)CC(F)(F)F. The van der Waals surface area contributed by atoms with Crippen LogP contribution in [-0.4, -0.2) is 24.7 Å². The van der Waals surface area contributed by atoms with Gasteiger partial charge in [0.05, 0.1) is 11.6 Å². The van der Waals surface area contributed by atoms with Crippen LogP contribution in [0, 0.1) is 0 Å². The van der Waals surface area contributed by atoms with Crippen LogP contribution >= 0.6 is 27.5 Å². The first-order valence-electron chi connectivity index (χ1n) is 4.47. The molecule has 0 N–H and O–H groups in total. The van der Waals surface area contributed by atoms with Gasteiger partial charge in [-0.15, -0.1) is 0 Å². The summed E-state index contributed by atoms with van der Waals surface area (Å²) in [6.45, 7) is -0.715. The van der Waals surface area contributed by atoms with Crippen molar-refractivity contribution in [2.75, 3.05) is 13.6 Å². The largest absolute Gasteiger partial charge is 0.401 e. The maximum Gasteiger partial charge on any atom is 0.401 e. The Balaban J connectivity index is 2.63. The third-order valence-corrected chi connectivity index (χ3v) is 3.12. The summed E-state index contributed by atoms with van der Waals surface area (Å²) in [6, 6.07) is 5.11. The van der Waals surface area contributed by atoms with Crippen molar-refractivity contribution in [3.05, 3.63) is 33.3 Å². The van der Waals surface area contributed by atoms with E-state index in [0.29, 0.717) is 5.02 Å². The second-order valence-corrected chi connectivity index (χ2v) is 4.80. The molecule has 1 rings (SSSR count). The van der Waals surface area contributed by atoms with E-state index in [1.165, 1.54) is 11.9 Å². The second-order valence-electron chi connectivity index (χ2n) is 3.54. The van der Waals surface area contributed by atoms with Gasteiger partial charge in [0.15, 0.2) is 0 Å². The molecule has 0 heterocycles. The first-order valence-corrected chi connectivity index (χ1v) is 5.64. The van der Waals surface area contributed by atoms with Crippen LogP contribution in [0.2, 0.25) is 5.02 Å². The summed E-state index contributed by atoms with van der Waals surface area (Å²) in [5.41, 5.74) is 0.750. The van der Waals surface area contributed by atoms with E-state index in [-0.39, 0.29) is 6.54 Å². The van der Waals surface area contributed by atoms with E-state index in [9.17, 15) is 13.2 Å². The zero-order chi connectivity index (χ0) is 12.3. The molecule has 0 amide bonds. The molecule has 6 heteroatoms. The van der Waals surface area contributed by atoms with Crippen molar-refractivity contribution in [3.63, 3.8) is 0 Å². The average Bonchev–Trinajstić information content (AvgIpc) is 2.08. The summed E-state index contributed by atoms with van der Waals surface area (Å²) >= 11 is 9.06. The number of hydrogen-bond donors (Lipinski definition) is 0. The van der Waals surface area contributed by atoms with E-state index in [2.05, 4.69) is 15.9 Å². The quantitative estimate of drug-likeness (QED) is 0.811. The van der Waals surface area contributed by atoms with Gasteiger partial charge in [-0.3, -0.25) is 4.90 Å². The monoisotopic (exact) mass is 315 g/mol. The zero-order valence-electron chi connectivity index (χ0n) is 8.48. The number of hydrogen-bond acceptors (Lipinski definition) is 1. The van der Waals surface area contributed by atoms with Gasteiger partial charge in [0.2, 0.25) is 0 Å². The fraction of sp³-hybridized carbons (Fsp3) is 0.400. The van der Waals surface area contributed by atoms with Crippen LogP contribution in [0.1, 0.15) is 5.56 Å². The Labute approximate surface area is 105 Å². The summed E-state index contributed by atoms with van der Waals surface area (Å²) in [5.74, 6) is 0. The van der Waals surface area contributed by atoms with Crippen molar-refractivity contribution in [1.29, 1.82) is 0 Å². The number of rotatable bonds is 3. The van der Waals surface area contributed by atoms with Crippen molar-refractivity contribution < 1.29 is 13.2 Å². The van der Waals surface area contributed by atoms with Crippen molar-refractivity contribution in [2.24, 2.45) is 0 Å². The summed E-state index contributed by atoms with van der Waals surface area (Å²) in [6.07, 6.45) is -4.17. The van der Waals surface area contributed by atoms with E-state index < -0.39 is 12.7 Å². The number of nitrogens with zero attached hydrogens (tertiary/aromatic N) is 1. The lowest BCUT2D eigenvalue weighted by molar-refractivity contribution is -0.144. The average molecular weight is 317 g/mol. The van der Waals surface area contributed by atoms with Crippen LogP contribution in [0.4, 0.5) is 13.2 Å². The molecular formula is C10H10BrClF3N. The molecule has 0 bridgehead atoms. The number of halogens is 5. The Morgan fingerprint density at radius 1 is 1.38 bits per heavy atom. The molecule has 0 radical (unpaired) electrons. The molecule has 0 spiro atoms. The molecule has 0 aliphatic heterocycles. The molecule has 1 aromatic carbocycles. The molecule has 1 aromatic rings. The van der Waals surface area contributed by atoms with Gasteiger partial charge >= 0.3 is 6.18 Å². The summed E-state index contributed by atoms with van der Waals surface area (Å²) < 4.78 is 37.0. The van der Waals surface area contributed by atoms with Crippen molar-refractivity contribution in [1.82, 2.24) is 4.90 Å². The van der Waals surface area contributed by atoms with E-state index >= 15 is 0 Å². The normalized spacial score (nSPS) is 12.2. The standard InChI is InChI=1S/C10H10BrClF3N/c1-16(6-10(13,14)15)5-7-2-3-8(11)9(12)4-7/h2-4H,5-6H2,1H3. The van der Waals surface area contributed by atoms with E-state index in [0.717, 1.165) is 10.0 Å². The topological polar surface area (TPSA) is 3.24 Å². The van der Waals surface area contributed by atoms with Crippen LogP contribution in [-0.2, 0) is 6.54 Å². The van der Waals surface area contributed by atoms with E-state index in [1.807, 2.05) is 0 Å². The minimum absolute atomic E-state index is 0.215. The molecule has 90 valence electrons. The molecule has 0 aromatic heterocycles. The molecule has 0 saturated carbocycles. The Morgan fingerprint density at radius 2 is 2.00 bits per heavy atom. The van der Waals surface area contributed by atoms with Crippen LogP contribution in [0.5, 0.6) is 0 Å². The highest BCUT2D eigenvalue weighted by atomic mass is 79.9. The predicted molar refractivity (Wildman–Crippen MR) is 61.5 cm³/mol. The predicted octanol–water partition coefficient (Wildman–Crippen LogP) is 4.10. The van der Waals surface area contributed by atoms with Crippen LogP contribution in [0.15, 0.2) is 22.7 Å². The number of alkyl halides is 3. The lowest BCUT2D eigenvalue weighted by Gasteiger charge is -2.18. The lowest BCUT2D eigenvalue weighted by atomic mass is 10.2. The maximum absolute atomic E-state index is 12.1. The van der Waals surface area contributed by atoms with E-state index in [1.54, 1.807) is 18.2 Å². The van der Waals surface area contributed by atoms with Gasteiger partial charge in [-0.2, -0.15) is 13.2 Å². The van der Waals surface area contributed by atoms with Gasteiger partial charge in [0, 0.05) is 11.0 Å². The van der Waals surface area contributed by atoms with Gasteiger partial charge < -0.3 is 0 Å². The fourth-order valence-corrected chi connectivity index (χ4v) is 1.76. The maximum atomic E-state index is 12.1. The van der Waals surface area contributed by atoms with Gasteiger partial charge in [0.1, 0.15) is 0 Å². The minimum Gasteiger partial charge on any atom is -0.294 e. The van der Waals surface area contributed by atoms with Crippen LogP contribution < -0.4 is 0 Å². The van der Waals surface area contributed by atoms with Crippen molar-refractivity contribution >= 4 is 27.5 Å². The second kappa shape index (κ2) is 5.38. The third kappa shape index (κ3) is 4.72. The molecule has 1 nitrogen and oxygen atoms in total. The van der Waals surface area contributed by atoms with Gasteiger partial charge in [-0.05, 0) is 40.7 Å².